The molecule has 1 aliphatic heterocycles. The highest BCUT2D eigenvalue weighted by Crippen LogP contribution is 2.53. The molecule has 9 nitrogen and oxygen atoms in total. The molecule has 0 spiro atoms. The van der Waals surface area contributed by atoms with Gasteiger partial charge in [0.1, 0.15) is 5.60 Å². The molecule has 3 fully saturated rings. The number of benzene rings is 1. The highest BCUT2D eigenvalue weighted by atomic mass is 19.4. The molecule has 272 valence electrons. The van der Waals surface area contributed by atoms with Crippen LogP contribution in [0.5, 0.6) is 5.88 Å². The largest absolute Gasteiger partial charge is 0.471 e. The Morgan fingerprint density at radius 1 is 1.08 bits per heavy atom. The molecule has 3 aromatic rings. The Morgan fingerprint density at radius 3 is 2.46 bits per heavy atom. The molecule has 6 rings (SSSR count). The normalized spacial score (nSPS) is 25.6. The molecule has 3 unspecified atom stereocenters. The molecule has 0 radical (unpaired) electrons. The molecule has 17 heteroatoms. The van der Waals surface area contributed by atoms with E-state index in [0.29, 0.717) is 44.3 Å². The van der Waals surface area contributed by atoms with Crippen LogP contribution in [0.3, 0.4) is 0 Å². The van der Waals surface area contributed by atoms with E-state index in [1.165, 1.54) is 18.2 Å². The van der Waals surface area contributed by atoms with Crippen LogP contribution in [0.15, 0.2) is 24.3 Å². The molecule has 3 aliphatic rings. The van der Waals surface area contributed by atoms with E-state index in [4.69, 9.17) is 9.47 Å². The Morgan fingerprint density at radius 2 is 1.82 bits per heavy atom. The summed E-state index contributed by atoms with van der Waals surface area (Å²) in [6, 6.07) is 4.56. The van der Waals surface area contributed by atoms with E-state index in [2.05, 4.69) is 25.6 Å². The average molecular weight is 718 g/mol. The van der Waals surface area contributed by atoms with Gasteiger partial charge in [0.25, 0.3) is 12.3 Å². The van der Waals surface area contributed by atoms with Crippen molar-refractivity contribution in [3.8, 4) is 5.88 Å². The minimum atomic E-state index is -4.78. The number of H-pyrrole nitrogens is 1. The lowest BCUT2D eigenvalue weighted by molar-refractivity contribution is -0.184. The lowest BCUT2D eigenvalue weighted by Crippen LogP contribution is -2.43. The third-order valence-corrected chi connectivity index (χ3v) is 9.86. The Bertz CT molecular complexity index is 1730. The zero-order valence-corrected chi connectivity index (χ0v) is 26.8. The summed E-state index contributed by atoms with van der Waals surface area (Å²) >= 11 is 0. The molecule has 1 amide bonds. The van der Waals surface area contributed by atoms with Gasteiger partial charge in [-0.15, -0.1) is 0 Å². The van der Waals surface area contributed by atoms with Crippen molar-refractivity contribution in [2.75, 3.05) is 18.5 Å². The maximum Gasteiger partial charge on any atom is 0.418 e. The van der Waals surface area contributed by atoms with Gasteiger partial charge in [0, 0.05) is 19.1 Å². The molecule has 50 heavy (non-hydrogen) atoms. The lowest BCUT2D eigenvalue weighted by Gasteiger charge is -2.30. The number of aromatic amines is 1. The van der Waals surface area contributed by atoms with Gasteiger partial charge in [-0.25, -0.2) is 8.78 Å². The zero-order chi connectivity index (χ0) is 36.0. The van der Waals surface area contributed by atoms with Crippen molar-refractivity contribution < 1.29 is 54.2 Å². The van der Waals surface area contributed by atoms with Crippen LogP contribution in [-0.4, -0.2) is 58.1 Å². The van der Waals surface area contributed by atoms with Gasteiger partial charge >= 0.3 is 12.4 Å². The fraction of sp³-hybridized carbons (Fsp3) is 0.576. The maximum absolute atomic E-state index is 14.0. The number of aromatic nitrogens is 3. The summed E-state index contributed by atoms with van der Waals surface area (Å²) in [4.78, 5) is 37.3. The van der Waals surface area contributed by atoms with Gasteiger partial charge in [-0.05, 0) is 87.5 Å². The second-order valence-electron chi connectivity index (χ2n) is 13.4. The number of rotatable bonds is 11. The van der Waals surface area contributed by atoms with Crippen molar-refractivity contribution in [2.45, 2.75) is 82.8 Å². The van der Waals surface area contributed by atoms with Crippen LogP contribution in [0.4, 0.5) is 46.8 Å². The first-order valence-corrected chi connectivity index (χ1v) is 16.3. The van der Waals surface area contributed by atoms with Gasteiger partial charge in [0.05, 0.1) is 28.2 Å². The summed E-state index contributed by atoms with van der Waals surface area (Å²) in [7, 11) is 0. The maximum atomic E-state index is 14.0. The number of nitrogens with one attached hydrogen (secondary N) is 3. The summed E-state index contributed by atoms with van der Waals surface area (Å²) < 4.78 is 118. The van der Waals surface area contributed by atoms with E-state index < -0.39 is 71.6 Å². The molecule has 3 heterocycles. The third kappa shape index (κ3) is 7.81. The first-order chi connectivity index (χ1) is 23.5. The van der Waals surface area contributed by atoms with Gasteiger partial charge in [-0.2, -0.15) is 36.3 Å². The third-order valence-electron chi connectivity index (χ3n) is 9.86. The number of hydrogen-bond acceptors (Lipinski definition) is 7. The van der Waals surface area contributed by atoms with E-state index in [0.717, 1.165) is 6.07 Å². The molecular formula is C33H35F8N5O4. The summed E-state index contributed by atoms with van der Waals surface area (Å²) in [6.07, 6.45) is -9.71. The fourth-order valence-corrected chi connectivity index (χ4v) is 7.03. The van der Waals surface area contributed by atoms with Crippen LogP contribution >= 0.6 is 0 Å². The number of hydrogen-bond donors (Lipinski definition) is 3. The minimum Gasteiger partial charge on any atom is -0.471 e. The van der Waals surface area contributed by atoms with E-state index in [1.54, 1.807) is 6.92 Å². The van der Waals surface area contributed by atoms with E-state index >= 15 is 0 Å². The molecule has 2 aromatic heterocycles. The van der Waals surface area contributed by atoms with Gasteiger partial charge in [-0.1, -0.05) is 6.07 Å². The van der Waals surface area contributed by atoms with Gasteiger partial charge < -0.3 is 25.1 Å². The zero-order valence-electron chi connectivity index (χ0n) is 26.8. The molecule has 3 N–H and O–H groups in total. The van der Waals surface area contributed by atoms with Crippen molar-refractivity contribution in [3.05, 3.63) is 41.0 Å². The quantitative estimate of drug-likeness (QED) is 0.137. The van der Waals surface area contributed by atoms with Crippen molar-refractivity contribution in [3.63, 3.8) is 0 Å². The number of anilines is 2. The molecule has 0 bridgehead atoms. The number of halogens is 8. The first kappa shape index (κ1) is 35.8. The number of amides is 1. The smallest absolute Gasteiger partial charge is 0.418 e. The lowest BCUT2D eigenvalue weighted by atomic mass is 9.78. The van der Waals surface area contributed by atoms with Gasteiger partial charge in [0.15, 0.2) is 18.0 Å². The number of nitrogens with zero attached hydrogens (tertiary/aromatic N) is 2. The van der Waals surface area contributed by atoms with Crippen molar-refractivity contribution in [2.24, 2.45) is 23.7 Å². The summed E-state index contributed by atoms with van der Waals surface area (Å²) in [5.41, 5.74) is -2.29. The number of carbonyl (C=O) groups is 2. The van der Waals surface area contributed by atoms with Crippen LogP contribution in [0.2, 0.25) is 0 Å². The Hall–Kier alpha value is -4.02. The fourth-order valence-electron chi connectivity index (χ4n) is 7.03. The molecule has 2 saturated carbocycles. The topological polar surface area (TPSA) is 118 Å². The van der Waals surface area contributed by atoms with Crippen molar-refractivity contribution in [1.82, 2.24) is 20.3 Å². The standard InChI is InChI=1S/C33H35F8N5O4/c1-31(9-2-10-50-31)29(48)42-14-16-3-8-22(33(39,40)41)23(11-16)43-30-44-24-13-21(28(45-27(24)46-30)49-15-25(34)35)26(47)20-12-19(20)17-4-6-18(7-5-17)32(36,37)38/h3,8,11,13,17-20,25H,2,4-7,9-10,12,14-15H2,1H3,(H,42,48)(H2,43,44,45,46). The van der Waals surface area contributed by atoms with Gasteiger partial charge in [-0.3, -0.25) is 9.59 Å². The number of fused-ring (bicyclic) bond motifs is 1. The van der Waals surface area contributed by atoms with E-state index in [1.807, 2.05) is 0 Å². The number of carbonyl (C=O) groups excluding carboxylic acids is 2. The Balaban J connectivity index is 1.22. The number of alkyl halides is 8. The predicted molar refractivity (Wildman–Crippen MR) is 163 cm³/mol. The predicted octanol–water partition coefficient (Wildman–Crippen LogP) is 7.74. The number of Topliss-reactive ketones (excluding diaryl/α,β-unsaturated/α-hetero) is 1. The highest BCUT2D eigenvalue weighted by molar-refractivity contribution is 6.03. The number of pyridine rings is 1. The second kappa shape index (κ2) is 13.6. The summed E-state index contributed by atoms with van der Waals surface area (Å²) in [6.45, 7) is 0.890. The van der Waals surface area contributed by atoms with Crippen LogP contribution in [0.1, 0.15) is 73.4 Å². The van der Waals surface area contributed by atoms with Crippen LogP contribution < -0.4 is 15.4 Å². The van der Waals surface area contributed by atoms with Crippen LogP contribution in [-0.2, 0) is 22.3 Å². The molecule has 1 aromatic carbocycles. The van der Waals surface area contributed by atoms with Crippen molar-refractivity contribution >= 4 is 34.5 Å². The summed E-state index contributed by atoms with van der Waals surface area (Å²) in [5, 5.41) is 5.28. The van der Waals surface area contributed by atoms with E-state index in [9.17, 15) is 44.7 Å². The van der Waals surface area contributed by atoms with Crippen molar-refractivity contribution in [1.29, 1.82) is 0 Å². The average Bonchev–Trinajstić information content (AvgIpc) is 3.56. The Labute approximate surface area is 280 Å². The molecular weight excluding hydrogens is 682 g/mol. The highest BCUT2D eigenvalue weighted by Gasteiger charge is 2.51. The number of ketones is 1. The second-order valence-corrected chi connectivity index (χ2v) is 13.4. The SMILES string of the molecule is CC1(C(=O)NCc2ccc(C(F)(F)F)c(Nc3nc4nc(OCC(F)F)c(C(=O)C5CC5C5CCC(C(F)(F)F)CC5)cc4[nH]3)c2)CCCO1. The molecule has 1 saturated heterocycles. The number of imidazole rings is 1. The minimum absolute atomic E-state index is 0.0201. The molecule has 3 atom stereocenters. The monoisotopic (exact) mass is 717 g/mol. The van der Waals surface area contributed by atoms with Gasteiger partial charge in [0.2, 0.25) is 11.8 Å². The van der Waals surface area contributed by atoms with Crippen LogP contribution in [0, 0.1) is 23.7 Å². The molecule has 2 aliphatic carbocycles. The first-order valence-electron chi connectivity index (χ1n) is 16.3. The van der Waals surface area contributed by atoms with Crippen LogP contribution in [0.25, 0.3) is 11.2 Å². The van der Waals surface area contributed by atoms with E-state index in [-0.39, 0.29) is 53.9 Å². The summed E-state index contributed by atoms with van der Waals surface area (Å²) in [5.74, 6) is -3.68. The number of ether oxygens (including phenoxy) is 2. The Kier molecular flexibility index (Phi) is 9.74.